The number of halogens is 1. The summed E-state index contributed by atoms with van der Waals surface area (Å²) in [6.45, 7) is 0.597. The number of hydrogen-bond donors (Lipinski definition) is 1. The molecule has 2 aromatic rings. The summed E-state index contributed by atoms with van der Waals surface area (Å²) in [7, 11) is 1.93. The molecule has 20 heavy (non-hydrogen) atoms. The van der Waals surface area contributed by atoms with Crippen LogP contribution in [-0.4, -0.2) is 19.4 Å². The van der Waals surface area contributed by atoms with Crippen LogP contribution in [0.2, 0.25) is 0 Å². The van der Waals surface area contributed by atoms with Gasteiger partial charge in [-0.1, -0.05) is 18.2 Å². The van der Waals surface area contributed by atoms with E-state index in [9.17, 15) is 9.18 Å². The van der Waals surface area contributed by atoms with Gasteiger partial charge in [-0.2, -0.15) is 0 Å². The van der Waals surface area contributed by atoms with Crippen molar-refractivity contribution in [2.24, 2.45) is 0 Å². The number of carbonyl (C=O) groups excluding carboxylic acids is 1. The topological polar surface area (TPSA) is 46.3 Å². The van der Waals surface area contributed by atoms with Gasteiger partial charge >= 0.3 is 0 Å². The van der Waals surface area contributed by atoms with E-state index in [0.717, 1.165) is 5.69 Å². The highest BCUT2D eigenvalue weighted by molar-refractivity contribution is 5.97. The van der Waals surface area contributed by atoms with Crippen LogP contribution < -0.4 is 10.6 Å². The van der Waals surface area contributed by atoms with Gasteiger partial charge in [0.25, 0.3) is 0 Å². The summed E-state index contributed by atoms with van der Waals surface area (Å²) in [6, 6.07) is 13.9. The summed E-state index contributed by atoms with van der Waals surface area (Å²) in [5, 5.41) is 0. The second kappa shape index (κ2) is 6.19. The average molecular weight is 272 g/mol. The van der Waals surface area contributed by atoms with Gasteiger partial charge in [0, 0.05) is 31.3 Å². The van der Waals surface area contributed by atoms with Crippen molar-refractivity contribution in [2.75, 3.05) is 24.2 Å². The normalized spacial score (nSPS) is 10.3. The minimum absolute atomic E-state index is 0.00673. The highest BCUT2D eigenvalue weighted by atomic mass is 19.1. The Kier molecular flexibility index (Phi) is 4.35. The number of nitrogen functional groups attached to an aromatic ring is 1. The molecule has 0 amide bonds. The van der Waals surface area contributed by atoms with Crippen molar-refractivity contribution in [2.45, 2.75) is 6.42 Å². The molecule has 0 atom stereocenters. The number of hydrogen-bond acceptors (Lipinski definition) is 3. The minimum Gasteiger partial charge on any atom is -0.396 e. The fourth-order valence-corrected chi connectivity index (χ4v) is 1.94. The van der Waals surface area contributed by atoms with Gasteiger partial charge in [-0.15, -0.1) is 0 Å². The van der Waals surface area contributed by atoms with E-state index >= 15 is 0 Å². The number of benzene rings is 2. The maximum absolute atomic E-state index is 13.1. The summed E-state index contributed by atoms with van der Waals surface area (Å²) >= 11 is 0. The predicted octanol–water partition coefficient (Wildman–Crippen LogP) is 3.12. The molecule has 0 heterocycles. The van der Waals surface area contributed by atoms with Crippen molar-refractivity contribution in [1.82, 2.24) is 0 Å². The molecule has 2 aromatic carbocycles. The smallest absolute Gasteiger partial charge is 0.164 e. The predicted molar refractivity (Wildman–Crippen MR) is 79.5 cm³/mol. The lowest BCUT2D eigenvalue weighted by atomic mass is 10.1. The molecule has 0 saturated heterocycles. The lowest BCUT2D eigenvalue weighted by molar-refractivity contribution is 0.0985. The molecule has 0 fully saturated rings. The fourth-order valence-electron chi connectivity index (χ4n) is 1.94. The fraction of sp³-hybridized carbons (Fsp3) is 0.188. The molecular formula is C16H17FN2O. The van der Waals surface area contributed by atoms with Crippen molar-refractivity contribution < 1.29 is 9.18 Å². The Morgan fingerprint density at radius 3 is 2.55 bits per heavy atom. The maximum atomic E-state index is 13.1. The first-order valence-electron chi connectivity index (χ1n) is 6.42. The molecule has 0 radical (unpaired) electrons. The molecule has 3 nitrogen and oxygen atoms in total. The number of nitrogens with zero attached hydrogens (tertiary/aromatic N) is 1. The van der Waals surface area contributed by atoms with E-state index in [1.165, 1.54) is 18.2 Å². The van der Waals surface area contributed by atoms with Crippen LogP contribution in [0.3, 0.4) is 0 Å². The van der Waals surface area contributed by atoms with E-state index in [1.54, 1.807) is 0 Å². The van der Waals surface area contributed by atoms with E-state index in [0.29, 0.717) is 18.5 Å². The molecule has 104 valence electrons. The Hall–Kier alpha value is -2.36. The summed E-state index contributed by atoms with van der Waals surface area (Å²) in [4.78, 5) is 14.0. The number of ketones is 1. The SMILES string of the molecule is CN(CCC(=O)c1ccc(F)c(N)c1)c1ccccc1. The molecule has 0 bridgehead atoms. The average Bonchev–Trinajstić information content (AvgIpc) is 2.48. The second-order valence-corrected chi connectivity index (χ2v) is 4.67. The van der Waals surface area contributed by atoms with Crippen LogP contribution in [-0.2, 0) is 0 Å². The number of para-hydroxylation sites is 1. The third kappa shape index (κ3) is 3.35. The maximum Gasteiger partial charge on any atom is 0.164 e. The van der Waals surface area contributed by atoms with Gasteiger partial charge in [0.1, 0.15) is 5.82 Å². The molecule has 0 spiro atoms. The van der Waals surface area contributed by atoms with Gasteiger partial charge in [-0.3, -0.25) is 4.79 Å². The second-order valence-electron chi connectivity index (χ2n) is 4.67. The zero-order valence-corrected chi connectivity index (χ0v) is 11.3. The summed E-state index contributed by atoms with van der Waals surface area (Å²) in [5.74, 6) is -0.539. The van der Waals surface area contributed by atoms with Crippen molar-refractivity contribution in [3.8, 4) is 0 Å². The number of nitrogens with two attached hydrogens (primary N) is 1. The van der Waals surface area contributed by atoms with Crippen LogP contribution in [0.5, 0.6) is 0 Å². The van der Waals surface area contributed by atoms with E-state index in [-0.39, 0.29) is 11.5 Å². The first-order valence-corrected chi connectivity index (χ1v) is 6.42. The summed E-state index contributed by atoms with van der Waals surface area (Å²) in [5.41, 5.74) is 6.98. The molecule has 0 aliphatic rings. The van der Waals surface area contributed by atoms with Crippen molar-refractivity contribution in [3.63, 3.8) is 0 Å². The molecule has 0 aliphatic heterocycles. The van der Waals surface area contributed by atoms with Crippen molar-refractivity contribution in [1.29, 1.82) is 0 Å². The van der Waals surface area contributed by atoms with Crippen LogP contribution >= 0.6 is 0 Å². The summed E-state index contributed by atoms with van der Waals surface area (Å²) in [6.07, 6.45) is 0.358. The lowest BCUT2D eigenvalue weighted by Crippen LogP contribution is -2.21. The van der Waals surface area contributed by atoms with Gasteiger partial charge in [-0.25, -0.2) is 4.39 Å². The van der Waals surface area contributed by atoms with Crippen LogP contribution in [0.15, 0.2) is 48.5 Å². The van der Waals surface area contributed by atoms with Crippen LogP contribution in [0.25, 0.3) is 0 Å². The summed E-state index contributed by atoms with van der Waals surface area (Å²) < 4.78 is 13.1. The standard InChI is InChI=1S/C16H17FN2O/c1-19(13-5-3-2-4-6-13)10-9-16(20)12-7-8-14(17)15(18)11-12/h2-8,11H,9-10,18H2,1H3. The molecular weight excluding hydrogens is 255 g/mol. The first-order chi connectivity index (χ1) is 9.58. The molecule has 0 unspecified atom stereocenters. The van der Waals surface area contributed by atoms with Gasteiger partial charge in [0.2, 0.25) is 0 Å². The van der Waals surface area contributed by atoms with Crippen molar-refractivity contribution in [3.05, 3.63) is 59.9 Å². The Labute approximate surface area is 117 Å². The van der Waals surface area contributed by atoms with E-state index < -0.39 is 5.82 Å². The Morgan fingerprint density at radius 1 is 1.20 bits per heavy atom. The van der Waals surface area contributed by atoms with Crippen molar-refractivity contribution >= 4 is 17.2 Å². The third-order valence-corrected chi connectivity index (χ3v) is 3.19. The number of carbonyl (C=O) groups is 1. The largest absolute Gasteiger partial charge is 0.396 e. The van der Waals surface area contributed by atoms with E-state index in [1.807, 2.05) is 42.3 Å². The zero-order chi connectivity index (χ0) is 14.5. The quantitative estimate of drug-likeness (QED) is 0.672. The highest BCUT2D eigenvalue weighted by Gasteiger charge is 2.10. The number of rotatable bonds is 5. The molecule has 2 rings (SSSR count). The number of Topliss-reactive ketones (excluding diaryl/α,β-unsaturated/α-hetero) is 1. The van der Waals surface area contributed by atoms with Gasteiger partial charge in [0.15, 0.2) is 5.78 Å². The van der Waals surface area contributed by atoms with Crippen LogP contribution in [0.1, 0.15) is 16.8 Å². The van der Waals surface area contributed by atoms with Gasteiger partial charge < -0.3 is 10.6 Å². The van der Waals surface area contributed by atoms with Crippen LogP contribution in [0, 0.1) is 5.82 Å². The molecule has 0 saturated carbocycles. The van der Waals surface area contributed by atoms with E-state index in [4.69, 9.17) is 5.73 Å². The van der Waals surface area contributed by atoms with Gasteiger partial charge in [-0.05, 0) is 30.3 Å². The molecule has 0 aliphatic carbocycles. The molecule has 2 N–H and O–H groups in total. The first kappa shape index (κ1) is 14.1. The zero-order valence-electron chi connectivity index (χ0n) is 11.3. The Morgan fingerprint density at radius 2 is 1.90 bits per heavy atom. The molecule has 4 heteroatoms. The molecule has 0 aromatic heterocycles. The Balaban J connectivity index is 1.97. The highest BCUT2D eigenvalue weighted by Crippen LogP contribution is 2.15. The number of anilines is 2. The Bertz CT molecular complexity index is 599. The lowest BCUT2D eigenvalue weighted by Gasteiger charge is -2.18. The van der Waals surface area contributed by atoms with E-state index in [2.05, 4.69) is 0 Å². The van der Waals surface area contributed by atoms with Crippen LogP contribution in [0.4, 0.5) is 15.8 Å². The third-order valence-electron chi connectivity index (χ3n) is 3.19. The monoisotopic (exact) mass is 272 g/mol. The minimum atomic E-state index is -0.497. The van der Waals surface area contributed by atoms with Gasteiger partial charge in [0.05, 0.1) is 5.69 Å².